The molecule has 0 bridgehead atoms. The van der Waals surface area contributed by atoms with Gasteiger partial charge in [-0.1, -0.05) is 121 Å². The Labute approximate surface area is 218 Å². The van der Waals surface area contributed by atoms with Gasteiger partial charge in [-0.15, -0.1) is 0 Å². The van der Waals surface area contributed by atoms with Gasteiger partial charge in [-0.05, 0) is 55.8 Å². The largest absolute Gasteiger partial charge is 0.522 e. The molecule has 4 aromatic carbocycles. The first kappa shape index (κ1) is 29.0. The third-order valence-corrected chi connectivity index (χ3v) is 11.1. The van der Waals surface area contributed by atoms with E-state index in [4.69, 9.17) is 13.0 Å². The van der Waals surface area contributed by atoms with Crippen LogP contribution in [-0.4, -0.2) is 30.8 Å². The lowest BCUT2D eigenvalue weighted by atomic mass is 10.4. The molecule has 0 saturated carbocycles. The van der Waals surface area contributed by atoms with E-state index in [1.165, 1.54) is 40.0 Å². The quantitative estimate of drug-likeness (QED) is 0.162. The van der Waals surface area contributed by atoms with Crippen LogP contribution in [0.15, 0.2) is 121 Å². The molecule has 0 amide bonds. The molecule has 3 nitrogen and oxygen atoms in total. The van der Waals surface area contributed by atoms with Crippen molar-refractivity contribution in [2.24, 2.45) is 0 Å². The van der Waals surface area contributed by atoms with E-state index < -0.39 is 15.6 Å². The zero-order valence-corrected chi connectivity index (χ0v) is 22.5. The second-order valence-electron chi connectivity index (χ2n) is 7.92. The molecule has 0 spiro atoms. The van der Waals surface area contributed by atoms with E-state index in [1.807, 2.05) is 0 Å². The zero-order chi connectivity index (χ0) is 26.7. The van der Waals surface area contributed by atoms with Crippen molar-refractivity contribution in [1.82, 2.24) is 0 Å². The predicted molar refractivity (Wildman–Crippen MR) is 150 cm³/mol. The molecule has 9 heteroatoms. The Morgan fingerprint density at radius 1 is 0.541 bits per heavy atom. The fourth-order valence-electron chi connectivity index (χ4n) is 3.63. The van der Waals surface area contributed by atoms with Gasteiger partial charge < -0.3 is 0 Å². The Morgan fingerprint density at radius 2 is 0.757 bits per heavy atom. The van der Waals surface area contributed by atoms with Gasteiger partial charge in [-0.2, -0.15) is 21.6 Å². The highest BCUT2D eigenvalue weighted by atomic mass is 32.2. The zero-order valence-electron chi connectivity index (χ0n) is 19.9. The van der Waals surface area contributed by atoms with E-state index in [0.29, 0.717) is 0 Å². The maximum Gasteiger partial charge on any atom is 0.522 e. The third-order valence-electron chi connectivity index (χ3n) is 5.33. The first-order valence-corrected chi connectivity index (χ1v) is 16.0. The highest BCUT2D eigenvalue weighted by Gasteiger charge is 2.44. The van der Waals surface area contributed by atoms with E-state index in [-0.39, 0.29) is 15.8 Å². The van der Waals surface area contributed by atoms with Crippen molar-refractivity contribution in [3.8, 4) is 0 Å². The Balaban J connectivity index is 0.000000414. The molecular formula is C28H27F3O3P2S. The summed E-state index contributed by atoms with van der Waals surface area (Å²) in [5.74, 6) is 0. The van der Waals surface area contributed by atoms with Crippen LogP contribution < -0.4 is 21.2 Å². The molecule has 0 saturated heterocycles. The molecule has 37 heavy (non-hydrogen) atoms. The van der Waals surface area contributed by atoms with Crippen molar-refractivity contribution in [3.05, 3.63) is 121 Å². The van der Waals surface area contributed by atoms with E-state index >= 15 is 0 Å². The van der Waals surface area contributed by atoms with Crippen LogP contribution in [0.4, 0.5) is 13.2 Å². The van der Waals surface area contributed by atoms with E-state index in [9.17, 15) is 13.2 Å². The monoisotopic (exact) mass is 562 g/mol. The Kier molecular flexibility index (Phi) is 10.8. The first-order chi connectivity index (χ1) is 17.7. The summed E-state index contributed by atoms with van der Waals surface area (Å²) in [5, 5.41) is 5.94. The van der Waals surface area contributed by atoms with Crippen LogP contribution in [-0.2, 0) is 10.1 Å². The number of benzene rings is 4. The van der Waals surface area contributed by atoms with E-state index in [0.717, 1.165) is 0 Å². The van der Waals surface area contributed by atoms with Crippen molar-refractivity contribution in [2.45, 2.75) is 11.9 Å². The van der Waals surface area contributed by atoms with Crippen molar-refractivity contribution >= 4 is 47.2 Å². The Hall–Kier alpha value is -2.56. The SMILES string of the molecule is O=S(=O)(O)C(F)(F)F.c1ccc(P(CCCP(c2ccccc2)c2ccccc2)c2ccccc2)cc1. The molecule has 4 rings (SSSR count). The van der Waals surface area contributed by atoms with Crippen LogP contribution in [0.2, 0.25) is 0 Å². The van der Waals surface area contributed by atoms with Gasteiger partial charge in [-0.25, -0.2) is 0 Å². The third kappa shape index (κ3) is 9.05. The van der Waals surface area contributed by atoms with Gasteiger partial charge in [0.05, 0.1) is 0 Å². The van der Waals surface area contributed by atoms with Crippen molar-refractivity contribution in [3.63, 3.8) is 0 Å². The maximum absolute atomic E-state index is 10.7. The number of halogens is 3. The molecule has 0 unspecified atom stereocenters. The second kappa shape index (κ2) is 13.8. The normalized spacial score (nSPS) is 11.7. The summed E-state index contributed by atoms with van der Waals surface area (Å²) in [6.07, 6.45) is 3.72. The molecule has 0 aliphatic heterocycles. The van der Waals surface area contributed by atoms with Crippen LogP contribution in [0.25, 0.3) is 0 Å². The molecule has 0 atom stereocenters. The summed E-state index contributed by atoms with van der Waals surface area (Å²) in [5.41, 5.74) is -5.53. The summed E-state index contributed by atoms with van der Waals surface area (Å²) < 4.78 is 57.5. The average Bonchev–Trinajstić information content (AvgIpc) is 2.90. The lowest BCUT2D eigenvalue weighted by Crippen LogP contribution is -2.21. The molecule has 4 aromatic rings. The minimum absolute atomic E-state index is 0.309. The van der Waals surface area contributed by atoms with Gasteiger partial charge in [0.25, 0.3) is 0 Å². The summed E-state index contributed by atoms with van der Waals surface area (Å²) in [4.78, 5) is 0. The molecule has 0 aliphatic rings. The maximum atomic E-state index is 10.7. The lowest BCUT2D eigenvalue weighted by Gasteiger charge is -2.22. The molecule has 0 radical (unpaired) electrons. The summed E-state index contributed by atoms with van der Waals surface area (Å²) >= 11 is 0. The molecular weight excluding hydrogens is 535 g/mol. The minimum atomic E-state index is -5.84. The van der Waals surface area contributed by atoms with Crippen LogP contribution in [0, 0.1) is 0 Å². The fraction of sp³-hybridized carbons (Fsp3) is 0.143. The summed E-state index contributed by atoms with van der Waals surface area (Å²) in [6.45, 7) is 0. The predicted octanol–water partition coefficient (Wildman–Crippen LogP) is 6.04. The highest BCUT2D eigenvalue weighted by molar-refractivity contribution is 7.86. The van der Waals surface area contributed by atoms with Gasteiger partial charge >= 0.3 is 15.6 Å². The Morgan fingerprint density at radius 3 is 0.946 bits per heavy atom. The lowest BCUT2D eigenvalue weighted by molar-refractivity contribution is -0.0510. The molecule has 194 valence electrons. The molecule has 0 aliphatic carbocycles. The highest BCUT2D eigenvalue weighted by Crippen LogP contribution is 2.39. The standard InChI is InChI=1S/C27H26P2.CHF3O3S/c1-5-14-24(15-6-1)28(25-16-7-2-8-17-25)22-13-23-29(26-18-9-3-10-19-26)27-20-11-4-12-21-27;2-1(3,4)8(5,6)7/h1-12,14-21H,13,22-23H2;(H,5,6,7). The van der Waals surface area contributed by atoms with Crippen molar-refractivity contribution in [1.29, 1.82) is 0 Å². The fourth-order valence-corrected chi connectivity index (χ4v) is 8.59. The van der Waals surface area contributed by atoms with Crippen LogP contribution in [0.5, 0.6) is 0 Å². The average molecular weight is 563 g/mol. The van der Waals surface area contributed by atoms with Gasteiger partial charge in [-0.3, -0.25) is 4.55 Å². The van der Waals surface area contributed by atoms with E-state index in [1.54, 1.807) is 0 Å². The van der Waals surface area contributed by atoms with Crippen LogP contribution in [0.1, 0.15) is 6.42 Å². The second-order valence-corrected chi connectivity index (χ2v) is 14.0. The van der Waals surface area contributed by atoms with Gasteiger partial charge in [0, 0.05) is 0 Å². The molecule has 0 aromatic heterocycles. The van der Waals surface area contributed by atoms with Gasteiger partial charge in [0.1, 0.15) is 0 Å². The molecule has 0 heterocycles. The topological polar surface area (TPSA) is 54.4 Å². The number of hydrogen-bond donors (Lipinski definition) is 1. The molecule has 1 N–H and O–H groups in total. The smallest absolute Gasteiger partial charge is 0.279 e. The van der Waals surface area contributed by atoms with Crippen LogP contribution >= 0.6 is 15.8 Å². The first-order valence-electron chi connectivity index (χ1n) is 11.5. The summed E-state index contributed by atoms with van der Waals surface area (Å²) in [6, 6.07) is 44.3. The minimum Gasteiger partial charge on any atom is -0.279 e. The van der Waals surface area contributed by atoms with Gasteiger partial charge in [0.2, 0.25) is 0 Å². The van der Waals surface area contributed by atoms with Crippen molar-refractivity contribution < 1.29 is 26.1 Å². The van der Waals surface area contributed by atoms with Crippen LogP contribution in [0.3, 0.4) is 0 Å². The van der Waals surface area contributed by atoms with Crippen molar-refractivity contribution in [2.75, 3.05) is 12.3 Å². The van der Waals surface area contributed by atoms with E-state index in [2.05, 4.69) is 121 Å². The summed E-state index contributed by atoms with van der Waals surface area (Å²) in [7, 11) is -6.46. The number of rotatable bonds is 8. The number of alkyl halides is 3. The van der Waals surface area contributed by atoms with Gasteiger partial charge in [0.15, 0.2) is 0 Å². The number of hydrogen-bond acceptors (Lipinski definition) is 2. The molecule has 0 fully saturated rings. The Bertz CT molecular complexity index is 1140.